The van der Waals surface area contributed by atoms with Crippen LogP contribution in [-0.4, -0.2) is 18.5 Å². The average molecular weight is 294 g/mol. The SMILES string of the molecule is CC(Nc1c(Cl)ccc2nsnc12)c1cnn(C)c1. The highest BCUT2D eigenvalue weighted by molar-refractivity contribution is 7.00. The predicted molar refractivity (Wildman–Crippen MR) is 77.7 cm³/mol. The van der Waals surface area contributed by atoms with Crippen molar-refractivity contribution in [2.45, 2.75) is 13.0 Å². The van der Waals surface area contributed by atoms with Crippen molar-refractivity contribution in [2.75, 3.05) is 5.32 Å². The van der Waals surface area contributed by atoms with Gasteiger partial charge in [0.1, 0.15) is 11.0 Å². The van der Waals surface area contributed by atoms with Crippen molar-refractivity contribution in [3.8, 4) is 0 Å². The number of halogens is 1. The van der Waals surface area contributed by atoms with Gasteiger partial charge in [-0.3, -0.25) is 4.68 Å². The van der Waals surface area contributed by atoms with Crippen LogP contribution in [0.4, 0.5) is 5.69 Å². The molecule has 0 saturated carbocycles. The molecule has 98 valence electrons. The molecule has 3 rings (SSSR count). The minimum absolute atomic E-state index is 0.0958. The number of rotatable bonds is 3. The van der Waals surface area contributed by atoms with Crippen LogP contribution in [0.3, 0.4) is 0 Å². The summed E-state index contributed by atoms with van der Waals surface area (Å²) in [5.41, 5.74) is 3.59. The summed E-state index contributed by atoms with van der Waals surface area (Å²) in [6, 6.07) is 3.81. The van der Waals surface area contributed by atoms with E-state index in [1.54, 1.807) is 4.68 Å². The number of anilines is 1. The Labute approximate surface area is 119 Å². The molecule has 0 spiro atoms. The van der Waals surface area contributed by atoms with Gasteiger partial charge in [0.15, 0.2) is 0 Å². The van der Waals surface area contributed by atoms with Gasteiger partial charge >= 0.3 is 0 Å². The third-order valence-electron chi connectivity index (χ3n) is 2.96. The molecule has 7 heteroatoms. The molecule has 3 aromatic rings. The van der Waals surface area contributed by atoms with E-state index < -0.39 is 0 Å². The third-order valence-corrected chi connectivity index (χ3v) is 3.82. The Kier molecular flexibility index (Phi) is 3.12. The Morgan fingerprint density at radius 3 is 2.95 bits per heavy atom. The van der Waals surface area contributed by atoms with E-state index in [0.29, 0.717) is 5.02 Å². The van der Waals surface area contributed by atoms with Gasteiger partial charge in [-0.05, 0) is 19.1 Å². The van der Waals surface area contributed by atoms with Crippen molar-refractivity contribution in [1.29, 1.82) is 0 Å². The highest BCUT2D eigenvalue weighted by Crippen LogP contribution is 2.32. The molecule has 0 saturated heterocycles. The average Bonchev–Trinajstić information content (AvgIpc) is 3.01. The largest absolute Gasteiger partial charge is 0.375 e. The maximum atomic E-state index is 6.25. The normalized spacial score (nSPS) is 12.8. The standard InChI is InChI=1S/C12H12ClN5S/c1-7(8-5-14-18(2)6-8)15-11-9(13)3-4-10-12(11)17-19-16-10/h3-7,15H,1-2H3. The summed E-state index contributed by atoms with van der Waals surface area (Å²) in [7, 11) is 1.90. The Morgan fingerprint density at radius 1 is 1.37 bits per heavy atom. The summed E-state index contributed by atoms with van der Waals surface area (Å²) in [6.45, 7) is 2.06. The van der Waals surface area contributed by atoms with E-state index in [1.165, 1.54) is 11.7 Å². The summed E-state index contributed by atoms with van der Waals surface area (Å²) in [5, 5.41) is 8.21. The van der Waals surface area contributed by atoms with Crippen LogP contribution in [0.15, 0.2) is 24.5 Å². The van der Waals surface area contributed by atoms with Crippen LogP contribution in [0.5, 0.6) is 0 Å². The van der Waals surface area contributed by atoms with Gasteiger partial charge in [-0.25, -0.2) is 0 Å². The molecule has 0 fully saturated rings. The number of benzene rings is 1. The molecule has 1 atom stereocenters. The number of nitrogens with zero attached hydrogens (tertiary/aromatic N) is 4. The Bertz CT molecular complexity index is 720. The number of hydrogen-bond donors (Lipinski definition) is 1. The van der Waals surface area contributed by atoms with Crippen molar-refractivity contribution in [3.63, 3.8) is 0 Å². The summed E-state index contributed by atoms with van der Waals surface area (Å²) < 4.78 is 10.3. The summed E-state index contributed by atoms with van der Waals surface area (Å²) in [5.74, 6) is 0. The zero-order chi connectivity index (χ0) is 13.4. The first-order chi connectivity index (χ1) is 9.15. The first-order valence-electron chi connectivity index (χ1n) is 5.81. The van der Waals surface area contributed by atoms with Crippen LogP contribution in [0.2, 0.25) is 5.02 Å². The zero-order valence-corrected chi connectivity index (χ0v) is 12.0. The molecule has 0 bridgehead atoms. The molecule has 0 aliphatic rings. The lowest BCUT2D eigenvalue weighted by molar-refractivity contribution is 0.765. The maximum Gasteiger partial charge on any atom is 0.129 e. The van der Waals surface area contributed by atoms with E-state index in [-0.39, 0.29) is 6.04 Å². The summed E-state index contributed by atoms with van der Waals surface area (Å²) in [4.78, 5) is 0. The molecule has 1 aromatic carbocycles. The van der Waals surface area contributed by atoms with Crippen LogP contribution < -0.4 is 5.32 Å². The van der Waals surface area contributed by atoms with E-state index in [9.17, 15) is 0 Å². The second kappa shape index (κ2) is 4.79. The number of hydrogen-bond acceptors (Lipinski definition) is 5. The Balaban J connectivity index is 1.96. The van der Waals surface area contributed by atoms with Crippen LogP contribution in [-0.2, 0) is 7.05 Å². The molecule has 0 radical (unpaired) electrons. The first-order valence-corrected chi connectivity index (χ1v) is 6.92. The lowest BCUT2D eigenvalue weighted by Crippen LogP contribution is -2.06. The summed E-state index contributed by atoms with van der Waals surface area (Å²) in [6.07, 6.45) is 3.82. The molecule has 0 aliphatic carbocycles. The van der Waals surface area contributed by atoms with Crippen molar-refractivity contribution in [3.05, 3.63) is 35.1 Å². The van der Waals surface area contributed by atoms with Gasteiger partial charge in [-0.15, -0.1) is 0 Å². The molecular formula is C12H12ClN5S. The number of aryl methyl sites for hydroxylation is 1. The van der Waals surface area contributed by atoms with E-state index in [2.05, 4.69) is 26.1 Å². The number of fused-ring (bicyclic) bond motifs is 1. The van der Waals surface area contributed by atoms with Gasteiger partial charge in [-0.1, -0.05) is 11.6 Å². The predicted octanol–water partition coefficient (Wildman–Crippen LogP) is 3.25. The van der Waals surface area contributed by atoms with Crippen LogP contribution >= 0.6 is 23.3 Å². The quantitative estimate of drug-likeness (QED) is 0.805. The van der Waals surface area contributed by atoms with Gasteiger partial charge in [0.25, 0.3) is 0 Å². The maximum absolute atomic E-state index is 6.25. The summed E-state index contributed by atoms with van der Waals surface area (Å²) >= 11 is 7.44. The molecule has 5 nitrogen and oxygen atoms in total. The molecule has 0 amide bonds. The zero-order valence-electron chi connectivity index (χ0n) is 10.5. The lowest BCUT2D eigenvalue weighted by Gasteiger charge is -2.15. The van der Waals surface area contributed by atoms with Crippen LogP contribution in [0.25, 0.3) is 11.0 Å². The van der Waals surface area contributed by atoms with Gasteiger partial charge < -0.3 is 5.32 Å². The Hall–Kier alpha value is -1.66. The van der Waals surface area contributed by atoms with Crippen molar-refractivity contribution >= 4 is 40.0 Å². The second-order valence-corrected chi connectivity index (χ2v) is 5.30. The molecule has 2 aromatic heterocycles. The second-order valence-electron chi connectivity index (χ2n) is 4.37. The molecule has 0 aliphatic heterocycles. The van der Waals surface area contributed by atoms with Crippen molar-refractivity contribution < 1.29 is 0 Å². The van der Waals surface area contributed by atoms with E-state index in [0.717, 1.165) is 22.3 Å². The molecule has 1 unspecified atom stereocenters. The van der Waals surface area contributed by atoms with Crippen LogP contribution in [0.1, 0.15) is 18.5 Å². The fourth-order valence-corrected chi connectivity index (χ4v) is 2.68. The number of nitrogens with one attached hydrogen (secondary N) is 1. The van der Waals surface area contributed by atoms with Crippen LogP contribution in [0, 0.1) is 0 Å². The van der Waals surface area contributed by atoms with Gasteiger partial charge in [0.2, 0.25) is 0 Å². The van der Waals surface area contributed by atoms with E-state index >= 15 is 0 Å². The van der Waals surface area contributed by atoms with E-state index in [1.807, 2.05) is 31.6 Å². The Morgan fingerprint density at radius 2 is 2.21 bits per heavy atom. The minimum atomic E-state index is 0.0958. The van der Waals surface area contributed by atoms with Gasteiger partial charge in [0, 0.05) is 18.8 Å². The number of aromatic nitrogens is 4. The molecule has 2 heterocycles. The smallest absolute Gasteiger partial charge is 0.129 e. The van der Waals surface area contributed by atoms with E-state index in [4.69, 9.17) is 11.6 Å². The highest BCUT2D eigenvalue weighted by atomic mass is 35.5. The fourth-order valence-electron chi connectivity index (χ4n) is 1.93. The van der Waals surface area contributed by atoms with Gasteiger partial charge in [-0.2, -0.15) is 13.8 Å². The van der Waals surface area contributed by atoms with Crippen molar-refractivity contribution in [1.82, 2.24) is 18.5 Å². The lowest BCUT2D eigenvalue weighted by atomic mass is 10.1. The molecule has 1 N–H and O–H groups in total. The monoisotopic (exact) mass is 293 g/mol. The fraction of sp³-hybridized carbons (Fsp3) is 0.250. The minimum Gasteiger partial charge on any atom is -0.375 e. The topological polar surface area (TPSA) is 55.6 Å². The molecular weight excluding hydrogens is 282 g/mol. The van der Waals surface area contributed by atoms with Gasteiger partial charge in [0.05, 0.1) is 34.7 Å². The highest BCUT2D eigenvalue weighted by Gasteiger charge is 2.14. The third kappa shape index (κ3) is 2.29. The van der Waals surface area contributed by atoms with Crippen molar-refractivity contribution in [2.24, 2.45) is 7.05 Å². The molecule has 19 heavy (non-hydrogen) atoms. The first kappa shape index (κ1) is 12.4.